The first-order valence-corrected chi connectivity index (χ1v) is 7.17. The number of morpholine rings is 1. The lowest BCUT2D eigenvalue weighted by molar-refractivity contribution is -0.0680. The number of nitrogens with one attached hydrogen (secondary N) is 1. The SMILES string of the molecule is CC1(C)CN(C(=S)NC2CCCCC2)CCO1. The minimum absolute atomic E-state index is 0.0729. The molecule has 2 rings (SSSR count). The van der Waals surface area contributed by atoms with E-state index < -0.39 is 0 Å². The van der Waals surface area contributed by atoms with Gasteiger partial charge in [-0.3, -0.25) is 0 Å². The smallest absolute Gasteiger partial charge is 0.169 e. The highest BCUT2D eigenvalue weighted by molar-refractivity contribution is 7.80. The average molecular weight is 256 g/mol. The van der Waals surface area contributed by atoms with Crippen LogP contribution in [0, 0.1) is 0 Å². The lowest BCUT2D eigenvalue weighted by Crippen LogP contribution is -2.55. The van der Waals surface area contributed by atoms with Crippen LogP contribution in [0.4, 0.5) is 0 Å². The van der Waals surface area contributed by atoms with Gasteiger partial charge in [-0.15, -0.1) is 0 Å². The largest absolute Gasteiger partial charge is 0.372 e. The van der Waals surface area contributed by atoms with Crippen molar-refractivity contribution in [1.29, 1.82) is 0 Å². The Kier molecular flexibility index (Phi) is 4.26. The summed E-state index contributed by atoms with van der Waals surface area (Å²) < 4.78 is 5.71. The van der Waals surface area contributed by atoms with Gasteiger partial charge in [0, 0.05) is 19.1 Å². The molecule has 0 amide bonds. The topological polar surface area (TPSA) is 24.5 Å². The van der Waals surface area contributed by atoms with E-state index in [1.807, 2.05) is 0 Å². The van der Waals surface area contributed by atoms with Gasteiger partial charge in [-0.2, -0.15) is 0 Å². The predicted molar refractivity (Wildman–Crippen MR) is 74.2 cm³/mol. The Balaban J connectivity index is 1.82. The van der Waals surface area contributed by atoms with Crippen LogP contribution in [0.15, 0.2) is 0 Å². The van der Waals surface area contributed by atoms with E-state index in [2.05, 4.69) is 24.1 Å². The van der Waals surface area contributed by atoms with E-state index in [9.17, 15) is 0 Å². The van der Waals surface area contributed by atoms with Crippen molar-refractivity contribution in [3.05, 3.63) is 0 Å². The first-order valence-electron chi connectivity index (χ1n) is 6.76. The quantitative estimate of drug-likeness (QED) is 0.728. The summed E-state index contributed by atoms with van der Waals surface area (Å²) in [5.41, 5.74) is -0.0729. The Bertz CT molecular complexity index is 275. The molecule has 1 aliphatic heterocycles. The third kappa shape index (κ3) is 3.81. The molecule has 1 heterocycles. The molecule has 0 atom stereocenters. The van der Waals surface area contributed by atoms with Gasteiger partial charge in [0.25, 0.3) is 0 Å². The molecule has 0 aromatic carbocycles. The number of hydrogen-bond acceptors (Lipinski definition) is 2. The van der Waals surface area contributed by atoms with E-state index in [-0.39, 0.29) is 5.60 Å². The maximum atomic E-state index is 5.71. The van der Waals surface area contributed by atoms with Gasteiger partial charge >= 0.3 is 0 Å². The Labute approximate surface area is 110 Å². The molecule has 1 N–H and O–H groups in total. The molecule has 0 aromatic heterocycles. The molecule has 4 heteroatoms. The number of ether oxygens (including phenoxy) is 1. The highest BCUT2D eigenvalue weighted by Crippen LogP contribution is 2.19. The van der Waals surface area contributed by atoms with Gasteiger partial charge in [-0.1, -0.05) is 19.3 Å². The second kappa shape index (κ2) is 5.53. The van der Waals surface area contributed by atoms with Gasteiger partial charge in [0.2, 0.25) is 0 Å². The molecule has 0 unspecified atom stereocenters. The van der Waals surface area contributed by atoms with Crippen LogP contribution in [-0.2, 0) is 4.74 Å². The second-order valence-electron chi connectivity index (χ2n) is 5.81. The Hall–Kier alpha value is -0.350. The van der Waals surface area contributed by atoms with E-state index in [0.29, 0.717) is 6.04 Å². The fourth-order valence-corrected chi connectivity index (χ4v) is 3.03. The van der Waals surface area contributed by atoms with Gasteiger partial charge in [-0.25, -0.2) is 0 Å². The van der Waals surface area contributed by atoms with Crippen molar-refractivity contribution >= 4 is 17.3 Å². The summed E-state index contributed by atoms with van der Waals surface area (Å²) >= 11 is 5.52. The summed E-state index contributed by atoms with van der Waals surface area (Å²) in [6.45, 7) is 6.85. The zero-order valence-electron chi connectivity index (χ0n) is 11.0. The van der Waals surface area contributed by atoms with Crippen molar-refractivity contribution < 1.29 is 4.74 Å². The van der Waals surface area contributed by atoms with Crippen LogP contribution in [0.25, 0.3) is 0 Å². The van der Waals surface area contributed by atoms with Gasteiger partial charge in [0.05, 0.1) is 12.2 Å². The second-order valence-corrected chi connectivity index (χ2v) is 6.20. The fraction of sp³-hybridized carbons (Fsp3) is 0.923. The minimum atomic E-state index is -0.0729. The van der Waals surface area contributed by atoms with Crippen LogP contribution in [0.3, 0.4) is 0 Å². The van der Waals surface area contributed by atoms with E-state index in [4.69, 9.17) is 17.0 Å². The average Bonchev–Trinajstić information content (AvgIpc) is 2.29. The van der Waals surface area contributed by atoms with E-state index in [1.165, 1.54) is 32.1 Å². The van der Waals surface area contributed by atoms with Crippen LogP contribution in [-0.4, -0.2) is 41.4 Å². The summed E-state index contributed by atoms with van der Waals surface area (Å²) in [7, 11) is 0. The van der Waals surface area contributed by atoms with Crippen LogP contribution in [0.5, 0.6) is 0 Å². The first-order chi connectivity index (χ1) is 8.07. The molecule has 2 aliphatic rings. The molecule has 0 spiro atoms. The maximum absolute atomic E-state index is 5.71. The van der Waals surface area contributed by atoms with E-state index in [0.717, 1.165) is 24.8 Å². The molecular weight excluding hydrogens is 232 g/mol. The van der Waals surface area contributed by atoms with Crippen LogP contribution < -0.4 is 5.32 Å². The zero-order chi connectivity index (χ0) is 12.3. The van der Waals surface area contributed by atoms with E-state index in [1.54, 1.807) is 0 Å². The summed E-state index contributed by atoms with van der Waals surface area (Å²) in [6.07, 6.45) is 6.61. The molecule has 1 saturated heterocycles. The summed E-state index contributed by atoms with van der Waals surface area (Å²) in [5.74, 6) is 0. The molecule has 0 bridgehead atoms. The van der Waals surface area contributed by atoms with Crippen LogP contribution in [0.1, 0.15) is 46.0 Å². The molecule has 2 fully saturated rings. The fourth-order valence-electron chi connectivity index (χ4n) is 2.70. The Morgan fingerprint density at radius 3 is 2.65 bits per heavy atom. The van der Waals surface area contributed by atoms with Crippen molar-refractivity contribution in [3.8, 4) is 0 Å². The lowest BCUT2D eigenvalue weighted by atomic mass is 9.96. The molecule has 1 aliphatic carbocycles. The molecular formula is C13H24N2OS. The third-order valence-electron chi connectivity index (χ3n) is 3.65. The van der Waals surface area contributed by atoms with E-state index >= 15 is 0 Å². The molecule has 0 radical (unpaired) electrons. The molecule has 0 aromatic rings. The number of nitrogens with zero attached hydrogens (tertiary/aromatic N) is 1. The van der Waals surface area contributed by atoms with Gasteiger partial charge in [0.15, 0.2) is 5.11 Å². The van der Waals surface area contributed by atoms with Gasteiger partial charge < -0.3 is 15.0 Å². The number of hydrogen-bond donors (Lipinski definition) is 1. The third-order valence-corrected chi connectivity index (χ3v) is 4.02. The van der Waals surface area contributed by atoms with Gasteiger partial charge in [0.1, 0.15) is 0 Å². The first kappa shape index (κ1) is 13.1. The van der Waals surface area contributed by atoms with Crippen LogP contribution >= 0.6 is 12.2 Å². The van der Waals surface area contributed by atoms with Crippen molar-refractivity contribution in [3.63, 3.8) is 0 Å². The number of rotatable bonds is 1. The molecule has 17 heavy (non-hydrogen) atoms. The normalized spacial score (nSPS) is 25.6. The summed E-state index contributed by atoms with van der Waals surface area (Å²) in [4.78, 5) is 2.26. The van der Waals surface area contributed by atoms with Crippen molar-refractivity contribution in [2.75, 3.05) is 19.7 Å². The lowest BCUT2D eigenvalue weighted by Gasteiger charge is -2.40. The maximum Gasteiger partial charge on any atom is 0.169 e. The van der Waals surface area contributed by atoms with Crippen molar-refractivity contribution in [2.24, 2.45) is 0 Å². The molecule has 3 nitrogen and oxygen atoms in total. The Morgan fingerprint density at radius 1 is 1.29 bits per heavy atom. The highest BCUT2D eigenvalue weighted by atomic mass is 32.1. The standard InChI is InChI=1S/C13H24N2OS/c1-13(2)10-15(8-9-16-13)12(17)14-11-6-4-3-5-7-11/h11H,3-10H2,1-2H3,(H,14,17). The summed E-state index contributed by atoms with van der Waals surface area (Å²) in [6, 6.07) is 0.599. The monoisotopic (exact) mass is 256 g/mol. The van der Waals surface area contributed by atoms with Crippen molar-refractivity contribution in [1.82, 2.24) is 10.2 Å². The zero-order valence-corrected chi connectivity index (χ0v) is 11.8. The molecule has 98 valence electrons. The molecule has 1 saturated carbocycles. The van der Waals surface area contributed by atoms with Gasteiger partial charge in [-0.05, 0) is 38.9 Å². The minimum Gasteiger partial charge on any atom is -0.372 e. The van der Waals surface area contributed by atoms with Crippen molar-refractivity contribution in [2.45, 2.75) is 57.6 Å². The highest BCUT2D eigenvalue weighted by Gasteiger charge is 2.29. The Morgan fingerprint density at radius 2 is 2.00 bits per heavy atom. The van der Waals surface area contributed by atoms with Crippen LogP contribution in [0.2, 0.25) is 0 Å². The number of thiocarbonyl (C=S) groups is 1. The predicted octanol–water partition coefficient (Wildman–Crippen LogP) is 2.30. The summed E-state index contributed by atoms with van der Waals surface area (Å²) in [5, 5.41) is 4.45.